The topological polar surface area (TPSA) is 73.5 Å². The van der Waals surface area contributed by atoms with E-state index in [4.69, 9.17) is 48.5 Å². The normalized spacial score (nSPS) is 12.2. The van der Waals surface area contributed by atoms with Crippen molar-refractivity contribution in [3.63, 3.8) is 0 Å². The summed E-state index contributed by atoms with van der Waals surface area (Å²) in [5.41, 5.74) is 6.53. The van der Waals surface area contributed by atoms with Gasteiger partial charge < -0.3 is 25.3 Å². The molecular weight excluding hydrogens is 477 g/mol. The van der Waals surface area contributed by atoms with Crippen LogP contribution in [0.25, 0.3) is 0 Å². The Hall–Kier alpha value is -1.64. The van der Waals surface area contributed by atoms with Crippen molar-refractivity contribution in [3.05, 3.63) is 58.6 Å². The Bertz CT molecular complexity index is 767. The summed E-state index contributed by atoms with van der Waals surface area (Å²) in [7, 11) is 0. The molecule has 0 aliphatic carbocycles. The summed E-state index contributed by atoms with van der Waals surface area (Å²) < 4.78 is 0. The van der Waals surface area contributed by atoms with E-state index in [0.29, 0.717) is 21.4 Å². The van der Waals surface area contributed by atoms with Crippen LogP contribution in [0.1, 0.15) is 0 Å². The Morgan fingerprint density at radius 1 is 0.704 bits per heavy atom. The summed E-state index contributed by atoms with van der Waals surface area (Å²) in [4.78, 5) is 8.28. The minimum Gasteiger partial charge on any atom is -0.741 e. The second-order valence-electron chi connectivity index (χ2n) is 4.57. The minimum atomic E-state index is 0. The van der Waals surface area contributed by atoms with Gasteiger partial charge in [-0.05, 0) is 48.5 Å². The Morgan fingerprint density at radius 2 is 1.04 bits per heavy atom. The summed E-state index contributed by atoms with van der Waals surface area (Å²) in [6.45, 7) is 0. The van der Waals surface area contributed by atoms with Gasteiger partial charge in [0.25, 0.3) is 0 Å². The SMILES string of the molecule is [S-]C(=Nc1ccc(Cl)cc1)N/N=C/C=N/NC([S-])=Nc1ccc(Cl)cc1.[Zn+2]. The molecule has 0 aliphatic heterocycles. The van der Waals surface area contributed by atoms with Gasteiger partial charge in [-0.3, -0.25) is 20.8 Å². The van der Waals surface area contributed by atoms with Gasteiger partial charge in [-0.15, -0.1) is 0 Å². The Morgan fingerprint density at radius 3 is 1.37 bits per heavy atom. The van der Waals surface area contributed by atoms with Gasteiger partial charge in [0.2, 0.25) is 0 Å². The number of hydrogen-bond acceptors (Lipinski definition) is 6. The van der Waals surface area contributed by atoms with Gasteiger partial charge in [0.05, 0.1) is 23.8 Å². The van der Waals surface area contributed by atoms with Crippen LogP contribution in [-0.4, -0.2) is 22.8 Å². The molecule has 0 aromatic heterocycles. The number of benzene rings is 2. The van der Waals surface area contributed by atoms with E-state index in [1.807, 2.05) is 0 Å². The molecule has 0 fully saturated rings. The maximum Gasteiger partial charge on any atom is 2.00 e. The minimum absolute atomic E-state index is 0. The zero-order valence-corrected chi connectivity index (χ0v) is 20.0. The summed E-state index contributed by atoms with van der Waals surface area (Å²) >= 11 is 21.7. The maximum absolute atomic E-state index is 5.80. The third kappa shape index (κ3) is 9.74. The maximum atomic E-state index is 5.80. The van der Waals surface area contributed by atoms with Crippen molar-refractivity contribution in [1.82, 2.24) is 10.9 Å². The van der Waals surface area contributed by atoms with Crippen LogP contribution in [0, 0.1) is 0 Å². The van der Waals surface area contributed by atoms with Crippen LogP contribution in [0.15, 0.2) is 68.7 Å². The van der Waals surface area contributed by atoms with E-state index in [2.05, 4.69) is 31.0 Å². The average Bonchev–Trinajstić information content (AvgIpc) is 2.62. The van der Waals surface area contributed by atoms with Crippen LogP contribution in [-0.2, 0) is 44.7 Å². The molecule has 27 heavy (non-hydrogen) atoms. The fourth-order valence-electron chi connectivity index (χ4n) is 1.57. The number of hydrazone groups is 2. The molecule has 2 aromatic rings. The second kappa shape index (κ2) is 12.7. The largest absolute Gasteiger partial charge is 2.00 e. The molecule has 0 saturated heterocycles. The number of rotatable bonds is 5. The molecular formula is C16H12Cl2N6S2Zn. The molecule has 6 nitrogen and oxygen atoms in total. The molecule has 0 unspecified atom stereocenters. The van der Waals surface area contributed by atoms with Crippen molar-refractivity contribution in [1.29, 1.82) is 0 Å². The van der Waals surface area contributed by atoms with E-state index >= 15 is 0 Å². The van der Waals surface area contributed by atoms with Gasteiger partial charge in [0.15, 0.2) is 0 Å². The van der Waals surface area contributed by atoms with Crippen LogP contribution in [0.5, 0.6) is 0 Å². The first kappa shape index (κ1) is 23.4. The molecule has 134 valence electrons. The predicted octanol–water partition coefficient (Wildman–Crippen LogP) is 3.91. The van der Waals surface area contributed by atoms with Crippen LogP contribution in [0.3, 0.4) is 0 Å². The van der Waals surface area contributed by atoms with Gasteiger partial charge in [-0.1, -0.05) is 23.2 Å². The van der Waals surface area contributed by atoms with Crippen LogP contribution < -0.4 is 10.9 Å². The van der Waals surface area contributed by atoms with E-state index in [1.165, 1.54) is 12.4 Å². The van der Waals surface area contributed by atoms with Crippen molar-refractivity contribution in [2.75, 3.05) is 0 Å². The molecule has 0 radical (unpaired) electrons. The van der Waals surface area contributed by atoms with Crippen LogP contribution in [0.4, 0.5) is 11.4 Å². The smallest absolute Gasteiger partial charge is 0.741 e. The van der Waals surface area contributed by atoms with Gasteiger partial charge in [0, 0.05) is 20.4 Å². The fraction of sp³-hybridized carbons (Fsp3) is 0. The molecule has 0 bridgehead atoms. The second-order valence-corrected chi connectivity index (χ2v) is 6.21. The van der Waals surface area contributed by atoms with Crippen molar-refractivity contribution in [2.24, 2.45) is 20.2 Å². The standard InChI is InChI=1S/C16H14Cl2N6S2.Zn/c17-11-1-5-13(6-2-11)21-15(25)23-19-9-10-20-24-16(26)22-14-7-3-12(18)4-8-14;/h1-10H,(H2,21,23,25)(H2,22,24,26);/q;+2/p-2/b19-9+,20-10+;. The molecule has 0 atom stereocenters. The van der Waals surface area contributed by atoms with Crippen molar-refractivity contribution >= 4 is 82.6 Å². The Labute approximate surface area is 190 Å². The molecule has 2 aromatic carbocycles. The zero-order valence-electron chi connectivity index (χ0n) is 13.8. The summed E-state index contributed by atoms with van der Waals surface area (Å²) in [5.74, 6) is 0. The van der Waals surface area contributed by atoms with Gasteiger partial charge in [0.1, 0.15) is 0 Å². The van der Waals surface area contributed by atoms with Crippen LogP contribution in [0.2, 0.25) is 10.0 Å². The number of nitrogens with one attached hydrogen (secondary N) is 2. The monoisotopic (exact) mass is 486 g/mol. The number of halogens is 2. The quantitative estimate of drug-likeness (QED) is 0.220. The number of hydrogen-bond donors (Lipinski definition) is 2. The van der Waals surface area contributed by atoms with Gasteiger partial charge in [-0.25, -0.2) is 0 Å². The summed E-state index contributed by atoms with van der Waals surface area (Å²) in [6, 6.07) is 13.9. The van der Waals surface area contributed by atoms with Crippen LogP contribution >= 0.6 is 23.2 Å². The summed E-state index contributed by atoms with van der Waals surface area (Å²) in [6.07, 6.45) is 2.78. The Balaban J connectivity index is 0.00000364. The van der Waals surface area contributed by atoms with E-state index in [0.717, 1.165) is 0 Å². The molecule has 2 rings (SSSR count). The molecule has 0 amide bonds. The summed E-state index contributed by atoms with van der Waals surface area (Å²) in [5, 5.41) is 9.40. The number of nitrogens with zero attached hydrogens (tertiary/aromatic N) is 4. The molecule has 0 spiro atoms. The third-order valence-electron chi connectivity index (χ3n) is 2.65. The van der Waals surface area contributed by atoms with E-state index in [1.54, 1.807) is 48.5 Å². The molecule has 0 heterocycles. The first-order valence-electron chi connectivity index (χ1n) is 7.12. The molecule has 0 saturated carbocycles. The molecule has 2 N–H and O–H groups in total. The first-order chi connectivity index (χ1) is 12.5. The first-order valence-corrected chi connectivity index (χ1v) is 8.69. The average molecular weight is 489 g/mol. The molecule has 11 heteroatoms. The van der Waals surface area contributed by atoms with E-state index in [-0.39, 0.29) is 29.8 Å². The van der Waals surface area contributed by atoms with Crippen molar-refractivity contribution in [3.8, 4) is 0 Å². The number of amidine groups is 2. The zero-order chi connectivity index (χ0) is 18.8. The van der Waals surface area contributed by atoms with Crippen molar-refractivity contribution < 1.29 is 19.5 Å². The number of aliphatic imine (C=N–C) groups is 2. The molecule has 0 aliphatic rings. The van der Waals surface area contributed by atoms with Gasteiger partial charge in [-0.2, -0.15) is 10.2 Å². The third-order valence-corrected chi connectivity index (χ3v) is 3.52. The fourth-order valence-corrected chi connectivity index (χ4v) is 2.14. The predicted molar refractivity (Wildman–Crippen MR) is 115 cm³/mol. The van der Waals surface area contributed by atoms with Crippen molar-refractivity contribution in [2.45, 2.75) is 0 Å². The van der Waals surface area contributed by atoms with E-state index in [9.17, 15) is 0 Å². The van der Waals surface area contributed by atoms with E-state index < -0.39 is 0 Å². The Kier molecular flexibility index (Phi) is 11.0. The van der Waals surface area contributed by atoms with Gasteiger partial charge >= 0.3 is 19.5 Å².